The highest BCUT2D eigenvalue weighted by molar-refractivity contribution is 5.82. The van der Waals surface area contributed by atoms with Crippen LogP contribution in [0.1, 0.15) is 47.5 Å². The van der Waals surface area contributed by atoms with E-state index in [0.29, 0.717) is 19.5 Å². The van der Waals surface area contributed by atoms with Gasteiger partial charge >= 0.3 is 0 Å². The lowest BCUT2D eigenvalue weighted by molar-refractivity contribution is -0.133. The molecule has 0 bridgehead atoms. The number of hydrogen-bond donors (Lipinski definition) is 2. The fourth-order valence-electron chi connectivity index (χ4n) is 2.95. The SMILES string of the molecule is CCNC(=NCCC(=O)N(CC)CC)NC1CCN(C(=O)C(C)C)C1. The zero-order valence-corrected chi connectivity index (χ0v) is 16.5. The molecule has 2 N–H and O–H groups in total. The van der Waals surface area contributed by atoms with E-state index in [1.54, 1.807) is 0 Å². The lowest BCUT2D eigenvalue weighted by Gasteiger charge is -2.20. The Balaban J connectivity index is 2.51. The molecule has 0 aromatic carbocycles. The molecule has 1 fully saturated rings. The van der Waals surface area contributed by atoms with Crippen LogP contribution in [-0.2, 0) is 9.59 Å². The lowest BCUT2D eigenvalue weighted by Crippen LogP contribution is -2.45. The minimum absolute atomic E-state index is 0.0340. The molecule has 2 amide bonds. The van der Waals surface area contributed by atoms with E-state index in [2.05, 4.69) is 15.6 Å². The summed E-state index contributed by atoms with van der Waals surface area (Å²) in [5, 5.41) is 6.61. The van der Waals surface area contributed by atoms with E-state index in [9.17, 15) is 9.59 Å². The average Bonchev–Trinajstić information content (AvgIpc) is 3.03. The standard InChI is InChI=1S/C18H35N5O2/c1-6-19-18(20-11-9-16(24)22(7-2)8-3)21-15-10-12-23(13-15)17(25)14(4)5/h14-15H,6-13H2,1-5H3,(H2,19,20,21). The van der Waals surface area contributed by atoms with Gasteiger partial charge in [-0.05, 0) is 27.2 Å². The number of guanidine groups is 1. The van der Waals surface area contributed by atoms with Crippen LogP contribution in [0.3, 0.4) is 0 Å². The normalized spacial score (nSPS) is 17.8. The predicted octanol–water partition coefficient (Wildman–Crippen LogP) is 1.06. The average molecular weight is 354 g/mol. The predicted molar refractivity (Wildman–Crippen MR) is 101 cm³/mol. The maximum absolute atomic E-state index is 12.1. The first-order valence-electron chi connectivity index (χ1n) is 9.54. The summed E-state index contributed by atoms with van der Waals surface area (Å²) >= 11 is 0. The smallest absolute Gasteiger partial charge is 0.225 e. The van der Waals surface area contributed by atoms with Crippen LogP contribution in [0.15, 0.2) is 4.99 Å². The molecule has 0 aliphatic carbocycles. The molecule has 1 aliphatic rings. The first-order chi connectivity index (χ1) is 11.9. The number of likely N-dealkylation sites (tertiary alicyclic amines) is 1. The van der Waals surface area contributed by atoms with Gasteiger partial charge in [0.2, 0.25) is 11.8 Å². The Kier molecular flexibility index (Phi) is 9.31. The second-order valence-corrected chi connectivity index (χ2v) is 6.65. The number of hydrogen-bond acceptors (Lipinski definition) is 3. The van der Waals surface area contributed by atoms with Gasteiger partial charge < -0.3 is 20.4 Å². The van der Waals surface area contributed by atoms with Crippen LogP contribution in [0.25, 0.3) is 0 Å². The molecule has 0 spiro atoms. The molecule has 1 unspecified atom stereocenters. The summed E-state index contributed by atoms with van der Waals surface area (Å²) in [6.07, 6.45) is 1.34. The molecule has 7 heteroatoms. The van der Waals surface area contributed by atoms with Crippen LogP contribution < -0.4 is 10.6 Å². The quantitative estimate of drug-likeness (QED) is 0.505. The van der Waals surface area contributed by atoms with Crippen LogP contribution in [0, 0.1) is 5.92 Å². The molecule has 1 rings (SSSR count). The molecule has 1 heterocycles. The topological polar surface area (TPSA) is 77.0 Å². The summed E-state index contributed by atoms with van der Waals surface area (Å²) < 4.78 is 0. The fraction of sp³-hybridized carbons (Fsp3) is 0.833. The number of carbonyl (C=O) groups excluding carboxylic acids is 2. The Hall–Kier alpha value is -1.79. The van der Waals surface area contributed by atoms with Crippen LogP contribution in [0.5, 0.6) is 0 Å². The van der Waals surface area contributed by atoms with Gasteiger partial charge in [-0.3, -0.25) is 14.6 Å². The van der Waals surface area contributed by atoms with Gasteiger partial charge in [-0.1, -0.05) is 13.8 Å². The monoisotopic (exact) mass is 353 g/mol. The van der Waals surface area contributed by atoms with Crippen molar-refractivity contribution in [2.24, 2.45) is 10.9 Å². The Labute approximate surface area is 152 Å². The highest BCUT2D eigenvalue weighted by atomic mass is 16.2. The van der Waals surface area contributed by atoms with E-state index < -0.39 is 0 Å². The summed E-state index contributed by atoms with van der Waals surface area (Å²) in [5.41, 5.74) is 0. The van der Waals surface area contributed by atoms with Gasteiger partial charge in [-0.2, -0.15) is 0 Å². The largest absolute Gasteiger partial charge is 0.357 e. The van der Waals surface area contributed by atoms with Crippen molar-refractivity contribution in [3.05, 3.63) is 0 Å². The minimum Gasteiger partial charge on any atom is -0.357 e. The summed E-state index contributed by atoms with van der Waals surface area (Å²) in [6.45, 7) is 14.0. The van der Waals surface area contributed by atoms with E-state index in [1.807, 2.05) is 44.4 Å². The van der Waals surface area contributed by atoms with Crippen molar-refractivity contribution in [2.75, 3.05) is 39.3 Å². The summed E-state index contributed by atoms with van der Waals surface area (Å²) in [7, 11) is 0. The highest BCUT2D eigenvalue weighted by Crippen LogP contribution is 2.12. The van der Waals surface area contributed by atoms with Crippen LogP contribution in [0.4, 0.5) is 0 Å². The van der Waals surface area contributed by atoms with Crippen molar-refractivity contribution in [1.29, 1.82) is 0 Å². The van der Waals surface area contributed by atoms with Gasteiger partial charge in [0.25, 0.3) is 0 Å². The van der Waals surface area contributed by atoms with E-state index >= 15 is 0 Å². The Morgan fingerprint density at radius 3 is 2.48 bits per heavy atom. The third-order valence-electron chi connectivity index (χ3n) is 4.39. The first-order valence-corrected chi connectivity index (χ1v) is 9.54. The van der Waals surface area contributed by atoms with Gasteiger partial charge in [0.15, 0.2) is 5.96 Å². The second kappa shape index (κ2) is 10.9. The van der Waals surface area contributed by atoms with Crippen molar-refractivity contribution in [3.63, 3.8) is 0 Å². The number of nitrogens with zero attached hydrogens (tertiary/aromatic N) is 3. The lowest BCUT2D eigenvalue weighted by atomic mass is 10.2. The van der Waals surface area contributed by atoms with Gasteiger partial charge in [0.05, 0.1) is 6.54 Å². The number of nitrogens with one attached hydrogen (secondary N) is 2. The summed E-state index contributed by atoms with van der Waals surface area (Å²) in [5.74, 6) is 1.10. The maximum atomic E-state index is 12.1. The number of carbonyl (C=O) groups is 2. The number of amides is 2. The third-order valence-corrected chi connectivity index (χ3v) is 4.39. The van der Waals surface area contributed by atoms with Gasteiger partial charge in [-0.25, -0.2) is 0 Å². The van der Waals surface area contributed by atoms with Crippen molar-refractivity contribution in [2.45, 2.75) is 53.5 Å². The van der Waals surface area contributed by atoms with Gasteiger partial charge in [0.1, 0.15) is 0 Å². The van der Waals surface area contributed by atoms with E-state index in [0.717, 1.165) is 38.6 Å². The first kappa shape index (κ1) is 21.3. The van der Waals surface area contributed by atoms with Gasteiger partial charge in [-0.15, -0.1) is 0 Å². The highest BCUT2D eigenvalue weighted by Gasteiger charge is 2.27. The Morgan fingerprint density at radius 2 is 1.92 bits per heavy atom. The van der Waals surface area contributed by atoms with Crippen molar-refractivity contribution >= 4 is 17.8 Å². The molecule has 144 valence electrons. The minimum atomic E-state index is 0.0340. The molecule has 25 heavy (non-hydrogen) atoms. The molecule has 0 aromatic heterocycles. The molecular weight excluding hydrogens is 318 g/mol. The summed E-state index contributed by atoms with van der Waals surface area (Å²) in [4.78, 5) is 32.4. The van der Waals surface area contributed by atoms with Crippen molar-refractivity contribution in [3.8, 4) is 0 Å². The van der Waals surface area contributed by atoms with Gasteiger partial charge in [0, 0.05) is 51.1 Å². The zero-order valence-electron chi connectivity index (χ0n) is 16.5. The Morgan fingerprint density at radius 1 is 1.24 bits per heavy atom. The van der Waals surface area contributed by atoms with Crippen molar-refractivity contribution in [1.82, 2.24) is 20.4 Å². The number of aliphatic imine (C=N–C) groups is 1. The van der Waals surface area contributed by atoms with Crippen LogP contribution in [0.2, 0.25) is 0 Å². The zero-order chi connectivity index (χ0) is 18.8. The molecule has 1 atom stereocenters. The van der Waals surface area contributed by atoms with Crippen molar-refractivity contribution < 1.29 is 9.59 Å². The molecule has 1 saturated heterocycles. The van der Waals surface area contributed by atoms with E-state index in [4.69, 9.17) is 0 Å². The third kappa shape index (κ3) is 6.92. The molecular formula is C18H35N5O2. The molecule has 0 radical (unpaired) electrons. The number of rotatable bonds is 8. The molecule has 7 nitrogen and oxygen atoms in total. The second-order valence-electron chi connectivity index (χ2n) is 6.65. The fourth-order valence-corrected chi connectivity index (χ4v) is 2.95. The summed E-state index contributed by atoms with van der Waals surface area (Å²) in [6, 6.07) is 0.207. The molecule has 0 aromatic rings. The van der Waals surface area contributed by atoms with E-state index in [-0.39, 0.29) is 23.8 Å². The molecule has 1 aliphatic heterocycles. The van der Waals surface area contributed by atoms with Crippen LogP contribution in [-0.4, -0.2) is 72.9 Å². The van der Waals surface area contributed by atoms with E-state index in [1.165, 1.54) is 0 Å². The Bertz CT molecular complexity index is 460. The maximum Gasteiger partial charge on any atom is 0.225 e. The molecule has 0 saturated carbocycles. The van der Waals surface area contributed by atoms with Crippen LogP contribution >= 0.6 is 0 Å².